The van der Waals surface area contributed by atoms with Gasteiger partial charge < -0.3 is 14.8 Å². The molecule has 128 valence electrons. The molecule has 0 aliphatic rings. The van der Waals surface area contributed by atoms with Gasteiger partial charge in [0.05, 0.1) is 12.7 Å². The van der Waals surface area contributed by atoms with Crippen molar-refractivity contribution in [2.24, 2.45) is 0 Å². The van der Waals surface area contributed by atoms with Crippen molar-refractivity contribution in [1.29, 1.82) is 0 Å². The molecule has 0 saturated carbocycles. The Morgan fingerprint density at radius 1 is 1.12 bits per heavy atom. The molecule has 2 rings (SSSR count). The quantitative estimate of drug-likeness (QED) is 0.877. The summed E-state index contributed by atoms with van der Waals surface area (Å²) in [4.78, 5) is 11.8. The second kappa shape index (κ2) is 7.72. The highest BCUT2D eigenvalue weighted by molar-refractivity contribution is 5.77. The lowest BCUT2D eigenvalue weighted by Crippen LogP contribution is -2.28. The average Bonchev–Trinajstić information content (AvgIpc) is 2.58. The minimum absolute atomic E-state index is 0.0164. The van der Waals surface area contributed by atoms with Crippen LogP contribution in [0.1, 0.15) is 11.1 Å². The Hall–Kier alpha value is -2.70. The van der Waals surface area contributed by atoms with Gasteiger partial charge in [0, 0.05) is 12.1 Å². The number of para-hydroxylation sites is 1. The number of hydrogen-bond donors (Lipinski definition) is 1. The highest BCUT2D eigenvalue weighted by Crippen LogP contribution is 2.31. The maximum absolute atomic E-state index is 12.6. The van der Waals surface area contributed by atoms with Crippen LogP contribution in [0.25, 0.3) is 0 Å². The molecule has 2 aromatic carbocycles. The lowest BCUT2D eigenvalue weighted by molar-refractivity contribution is -0.137. The first-order valence-corrected chi connectivity index (χ1v) is 7.09. The maximum Gasteiger partial charge on any atom is 0.416 e. The van der Waals surface area contributed by atoms with Gasteiger partial charge in [-0.15, -0.1) is 0 Å². The number of ether oxygens (including phenoxy) is 2. The number of halogens is 3. The molecule has 0 aliphatic carbocycles. The summed E-state index contributed by atoms with van der Waals surface area (Å²) in [5.74, 6) is 0.173. The highest BCUT2D eigenvalue weighted by atomic mass is 19.4. The molecule has 7 heteroatoms. The second-order valence-corrected chi connectivity index (χ2v) is 4.90. The molecular formula is C17H16F3NO3. The molecule has 0 aliphatic heterocycles. The number of hydrogen-bond acceptors (Lipinski definition) is 3. The predicted molar refractivity (Wildman–Crippen MR) is 81.8 cm³/mol. The Morgan fingerprint density at radius 3 is 2.58 bits per heavy atom. The van der Waals surface area contributed by atoms with E-state index in [1.807, 2.05) is 6.07 Å². The third-order valence-electron chi connectivity index (χ3n) is 3.20. The molecule has 1 amide bonds. The fourth-order valence-electron chi connectivity index (χ4n) is 2.00. The van der Waals surface area contributed by atoms with Crippen LogP contribution in [0.3, 0.4) is 0 Å². The van der Waals surface area contributed by atoms with Crippen molar-refractivity contribution in [3.8, 4) is 11.5 Å². The van der Waals surface area contributed by atoms with Gasteiger partial charge in [0.1, 0.15) is 11.5 Å². The van der Waals surface area contributed by atoms with Gasteiger partial charge in [-0.05, 0) is 24.3 Å². The van der Waals surface area contributed by atoms with Crippen molar-refractivity contribution in [3.05, 3.63) is 59.7 Å². The molecule has 0 spiro atoms. The van der Waals surface area contributed by atoms with E-state index in [0.29, 0.717) is 5.75 Å². The fraction of sp³-hybridized carbons (Fsp3) is 0.235. The van der Waals surface area contributed by atoms with Crippen LogP contribution in [-0.4, -0.2) is 19.6 Å². The second-order valence-electron chi connectivity index (χ2n) is 4.90. The minimum Gasteiger partial charge on any atom is -0.496 e. The van der Waals surface area contributed by atoms with E-state index >= 15 is 0 Å². The van der Waals surface area contributed by atoms with Crippen molar-refractivity contribution in [3.63, 3.8) is 0 Å². The van der Waals surface area contributed by atoms with Crippen LogP contribution in [-0.2, 0) is 17.5 Å². The van der Waals surface area contributed by atoms with Gasteiger partial charge in [-0.3, -0.25) is 4.79 Å². The zero-order chi connectivity index (χ0) is 17.6. The third kappa shape index (κ3) is 4.91. The largest absolute Gasteiger partial charge is 0.496 e. The summed E-state index contributed by atoms with van der Waals surface area (Å²) in [6.45, 7) is -0.148. The zero-order valence-electron chi connectivity index (χ0n) is 12.9. The first kappa shape index (κ1) is 17.7. The first-order chi connectivity index (χ1) is 11.4. The summed E-state index contributed by atoms with van der Waals surface area (Å²) in [6.07, 6.45) is -4.45. The number of amides is 1. The van der Waals surface area contributed by atoms with Gasteiger partial charge in [-0.2, -0.15) is 13.2 Å². The zero-order valence-corrected chi connectivity index (χ0v) is 12.9. The number of alkyl halides is 3. The van der Waals surface area contributed by atoms with E-state index in [-0.39, 0.29) is 18.9 Å². The minimum atomic E-state index is -4.45. The number of rotatable bonds is 6. The van der Waals surface area contributed by atoms with E-state index in [2.05, 4.69) is 5.32 Å². The average molecular weight is 339 g/mol. The van der Waals surface area contributed by atoms with Crippen LogP contribution < -0.4 is 14.8 Å². The number of carbonyl (C=O) groups is 1. The van der Waals surface area contributed by atoms with E-state index < -0.39 is 17.6 Å². The summed E-state index contributed by atoms with van der Waals surface area (Å²) in [7, 11) is 1.53. The van der Waals surface area contributed by atoms with Gasteiger partial charge in [0.2, 0.25) is 0 Å². The normalized spacial score (nSPS) is 11.0. The maximum atomic E-state index is 12.6. The Morgan fingerprint density at radius 2 is 1.88 bits per heavy atom. The molecule has 0 radical (unpaired) electrons. The van der Waals surface area contributed by atoms with Crippen LogP contribution in [0, 0.1) is 0 Å². The number of carbonyl (C=O) groups excluding carboxylic acids is 1. The molecule has 0 heterocycles. The van der Waals surface area contributed by atoms with Gasteiger partial charge in [-0.25, -0.2) is 0 Å². The molecule has 0 unspecified atom stereocenters. The third-order valence-corrected chi connectivity index (χ3v) is 3.20. The Kier molecular flexibility index (Phi) is 5.68. The summed E-state index contributed by atoms with van der Waals surface area (Å²) < 4.78 is 48.1. The van der Waals surface area contributed by atoms with Crippen LogP contribution in [0.4, 0.5) is 13.2 Å². The SMILES string of the molecule is COc1ccccc1CNC(=O)COc1cccc(C(F)(F)F)c1. The van der Waals surface area contributed by atoms with Gasteiger partial charge in [0.25, 0.3) is 5.91 Å². The number of nitrogens with one attached hydrogen (secondary N) is 1. The summed E-state index contributed by atoms with van der Waals surface area (Å²) >= 11 is 0. The lowest BCUT2D eigenvalue weighted by atomic mass is 10.2. The molecule has 0 bridgehead atoms. The monoisotopic (exact) mass is 339 g/mol. The van der Waals surface area contributed by atoms with Crippen molar-refractivity contribution < 1.29 is 27.4 Å². The van der Waals surface area contributed by atoms with Crippen molar-refractivity contribution in [2.45, 2.75) is 12.7 Å². The molecule has 0 fully saturated rings. The fourth-order valence-corrected chi connectivity index (χ4v) is 2.00. The van der Waals surface area contributed by atoms with E-state index in [0.717, 1.165) is 17.7 Å². The van der Waals surface area contributed by atoms with Gasteiger partial charge in [0.15, 0.2) is 6.61 Å². The molecule has 2 aromatic rings. The van der Waals surface area contributed by atoms with Crippen LogP contribution >= 0.6 is 0 Å². The van der Waals surface area contributed by atoms with E-state index in [9.17, 15) is 18.0 Å². The Bertz CT molecular complexity index is 701. The lowest BCUT2D eigenvalue weighted by Gasteiger charge is -2.11. The Balaban J connectivity index is 1.87. The highest BCUT2D eigenvalue weighted by Gasteiger charge is 2.30. The summed E-state index contributed by atoms with van der Waals surface area (Å²) in [5.41, 5.74) is -0.0400. The van der Waals surface area contributed by atoms with Gasteiger partial charge >= 0.3 is 6.18 Å². The van der Waals surface area contributed by atoms with Crippen LogP contribution in [0.5, 0.6) is 11.5 Å². The molecule has 0 saturated heterocycles. The topological polar surface area (TPSA) is 47.6 Å². The molecule has 0 atom stereocenters. The van der Waals surface area contributed by atoms with Crippen LogP contribution in [0.15, 0.2) is 48.5 Å². The predicted octanol–water partition coefficient (Wildman–Crippen LogP) is 3.41. The van der Waals surface area contributed by atoms with Crippen molar-refractivity contribution in [2.75, 3.05) is 13.7 Å². The summed E-state index contributed by atoms with van der Waals surface area (Å²) in [5, 5.41) is 2.62. The summed E-state index contributed by atoms with van der Waals surface area (Å²) in [6, 6.07) is 11.6. The van der Waals surface area contributed by atoms with Gasteiger partial charge in [-0.1, -0.05) is 24.3 Å². The van der Waals surface area contributed by atoms with E-state index in [1.54, 1.807) is 18.2 Å². The Labute approximate surface area is 137 Å². The number of methoxy groups -OCH3 is 1. The molecule has 0 aromatic heterocycles. The standard InChI is InChI=1S/C17H16F3NO3/c1-23-15-8-3-2-5-12(15)10-21-16(22)11-24-14-7-4-6-13(9-14)17(18,19)20/h2-9H,10-11H2,1H3,(H,21,22). The van der Waals surface area contributed by atoms with E-state index in [4.69, 9.17) is 9.47 Å². The number of benzene rings is 2. The van der Waals surface area contributed by atoms with Crippen LogP contribution in [0.2, 0.25) is 0 Å². The van der Waals surface area contributed by atoms with Crippen molar-refractivity contribution >= 4 is 5.91 Å². The molecule has 1 N–H and O–H groups in total. The first-order valence-electron chi connectivity index (χ1n) is 7.09. The molecule has 4 nitrogen and oxygen atoms in total. The van der Waals surface area contributed by atoms with Crippen molar-refractivity contribution in [1.82, 2.24) is 5.32 Å². The van der Waals surface area contributed by atoms with E-state index in [1.165, 1.54) is 19.2 Å². The smallest absolute Gasteiger partial charge is 0.416 e. The molecule has 24 heavy (non-hydrogen) atoms. The molecular weight excluding hydrogens is 323 g/mol.